The fourth-order valence-corrected chi connectivity index (χ4v) is 1.90. The Morgan fingerprint density at radius 3 is 3.06 bits per heavy atom. The molecule has 2 N–H and O–H groups in total. The van der Waals surface area contributed by atoms with Gasteiger partial charge in [0.1, 0.15) is 6.54 Å². The number of hydrogen-bond donors (Lipinski definition) is 2. The summed E-state index contributed by atoms with van der Waals surface area (Å²) in [6.45, 7) is 3.34. The molecule has 18 heavy (non-hydrogen) atoms. The van der Waals surface area contributed by atoms with Gasteiger partial charge in [0.05, 0.1) is 18.9 Å². The quantitative estimate of drug-likeness (QED) is 0.646. The summed E-state index contributed by atoms with van der Waals surface area (Å²) in [4.78, 5) is 11.5. The molecule has 7 heteroatoms. The Labute approximate surface area is 106 Å². The van der Waals surface area contributed by atoms with E-state index >= 15 is 0 Å². The Morgan fingerprint density at radius 1 is 1.50 bits per heavy atom. The average Bonchev–Trinajstić information content (AvgIpc) is 2.89. The molecule has 1 saturated heterocycles. The Kier molecular flexibility index (Phi) is 5.10. The second kappa shape index (κ2) is 7.07. The molecule has 1 aromatic heterocycles. The highest BCUT2D eigenvalue weighted by Crippen LogP contribution is 2.06. The van der Waals surface area contributed by atoms with Crippen LogP contribution in [0.5, 0.6) is 0 Å². The third kappa shape index (κ3) is 4.42. The van der Waals surface area contributed by atoms with Crippen molar-refractivity contribution in [3.8, 4) is 0 Å². The van der Waals surface area contributed by atoms with Crippen LogP contribution in [0.2, 0.25) is 0 Å². The number of amides is 1. The topological polar surface area (TPSA) is 81.1 Å². The van der Waals surface area contributed by atoms with Gasteiger partial charge in [-0.25, -0.2) is 4.68 Å². The fourth-order valence-electron chi connectivity index (χ4n) is 1.90. The van der Waals surface area contributed by atoms with Crippen molar-refractivity contribution in [3.63, 3.8) is 0 Å². The average molecular weight is 253 g/mol. The van der Waals surface area contributed by atoms with E-state index in [1.165, 1.54) is 4.68 Å². The Bertz CT molecular complexity index is 348. The van der Waals surface area contributed by atoms with Crippen LogP contribution in [-0.2, 0) is 16.1 Å². The van der Waals surface area contributed by atoms with Crippen molar-refractivity contribution in [1.29, 1.82) is 0 Å². The van der Waals surface area contributed by atoms with Crippen molar-refractivity contribution in [2.45, 2.75) is 25.5 Å². The van der Waals surface area contributed by atoms with Gasteiger partial charge in [-0.2, -0.15) is 0 Å². The predicted octanol–water partition coefficient (Wildman–Crippen LogP) is -0.837. The zero-order chi connectivity index (χ0) is 12.6. The van der Waals surface area contributed by atoms with Crippen molar-refractivity contribution in [2.75, 3.05) is 26.2 Å². The lowest BCUT2D eigenvalue weighted by Crippen LogP contribution is -2.35. The number of ether oxygens (including phenoxy) is 1. The van der Waals surface area contributed by atoms with E-state index in [2.05, 4.69) is 20.9 Å². The molecule has 2 rings (SSSR count). The van der Waals surface area contributed by atoms with Crippen molar-refractivity contribution >= 4 is 5.91 Å². The summed E-state index contributed by atoms with van der Waals surface area (Å²) in [5.41, 5.74) is 0. The minimum atomic E-state index is -0.0746. The van der Waals surface area contributed by atoms with E-state index in [1.807, 2.05) is 0 Å². The third-order valence-corrected chi connectivity index (χ3v) is 2.84. The van der Waals surface area contributed by atoms with Gasteiger partial charge >= 0.3 is 0 Å². The molecule has 2 heterocycles. The first-order valence-corrected chi connectivity index (χ1v) is 6.28. The van der Waals surface area contributed by atoms with Crippen LogP contribution in [0.25, 0.3) is 0 Å². The molecule has 1 amide bonds. The van der Waals surface area contributed by atoms with Crippen LogP contribution < -0.4 is 10.6 Å². The number of carbonyl (C=O) groups is 1. The summed E-state index contributed by atoms with van der Waals surface area (Å²) in [7, 11) is 0. The number of hydrogen-bond acceptors (Lipinski definition) is 5. The lowest BCUT2D eigenvalue weighted by Gasteiger charge is -2.22. The van der Waals surface area contributed by atoms with Crippen molar-refractivity contribution in [2.24, 2.45) is 0 Å². The minimum absolute atomic E-state index is 0.0746. The zero-order valence-electron chi connectivity index (χ0n) is 10.3. The lowest BCUT2D eigenvalue weighted by molar-refractivity contribution is -0.122. The molecular weight excluding hydrogens is 234 g/mol. The summed E-state index contributed by atoms with van der Waals surface area (Å²) in [5, 5.41) is 13.4. The van der Waals surface area contributed by atoms with Gasteiger partial charge in [-0.05, 0) is 25.9 Å². The lowest BCUT2D eigenvalue weighted by atomic mass is 10.1. The maximum Gasteiger partial charge on any atom is 0.241 e. The number of piperidine rings is 1. The Hall–Kier alpha value is -1.47. The van der Waals surface area contributed by atoms with Gasteiger partial charge in [-0.3, -0.25) is 4.79 Å². The van der Waals surface area contributed by atoms with Crippen LogP contribution in [0.3, 0.4) is 0 Å². The van der Waals surface area contributed by atoms with Gasteiger partial charge in [0.25, 0.3) is 0 Å². The molecule has 1 aliphatic rings. The first-order valence-electron chi connectivity index (χ1n) is 6.28. The number of aromatic nitrogens is 3. The standard InChI is InChI=1S/C11H19N5O2/c17-11(9-16-7-5-14-15-16)13-6-8-18-10-1-3-12-4-2-10/h5,7,10,12H,1-4,6,8-9H2,(H,13,17). The van der Waals surface area contributed by atoms with E-state index in [9.17, 15) is 4.79 Å². The molecule has 1 aliphatic heterocycles. The molecule has 0 spiro atoms. The molecule has 100 valence electrons. The van der Waals surface area contributed by atoms with E-state index < -0.39 is 0 Å². The first kappa shape index (κ1) is 13.0. The number of nitrogens with zero attached hydrogens (tertiary/aromatic N) is 3. The number of rotatable bonds is 6. The van der Waals surface area contributed by atoms with Crippen LogP contribution in [0.15, 0.2) is 12.4 Å². The smallest absolute Gasteiger partial charge is 0.241 e. The van der Waals surface area contributed by atoms with Crippen LogP contribution in [0.1, 0.15) is 12.8 Å². The molecular formula is C11H19N5O2. The normalized spacial score (nSPS) is 16.7. The maximum atomic E-state index is 11.5. The van der Waals surface area contributed by atoms with Crippen molar-refractivity contribution in [1.82, 2.24) is 25.6 Å². The molecule has 0 aliphatic carbocycles. The van der Waals surface area contributed by atoms with Gasteiger partial charge in [-0.15, -0.1) is 5.10 Å². The third-order valence-electron chi connectivity index (χ3n) is 2.84. The zero-order valence-corrected chi connectivity index (χ0v) is 10.3. The molecule has 0 atom stereocenters. The largest absolute Gasteiger partial charge is 0.376 e. The first-order chi connectivity index (χ1) is 8.84. The number of nitrogens with one attached hydrogen (secondary N) is 2. The van der Waals surface area contributed by atoms with Crippen molar-refractivity contribution < 1.29 is 9.53 Å². The molecule has 1 fully saturated rings. The summed E-state index contributed by atoms with van der Waals surface area (Å²) in [5.74, 6) is -0.0746. The molecule has 0 unspecified atom stereocenters. The second-order valence-corrected chi connectivity index (χ2v) is 4.27. The van der Waals surface area contributed by atoms with E-state index in [-0.39, 0.29) is 12.5 Å². The van der Waals surface area contributed by atoms with Crippen molar-refractivity contribution in [3.05, 3.63) is 12.4 Å². The minimum Gasteiger partial charge on any atom is -0.376 e. The molecule has 0 saturated carbocycles. The van der Waals surface area contributed by atoms with Gasteiger partial charge in [-0.1, -0.05) is 5.21 Å². The highest BCUT2D eigenvalue weighted by Gasteiger charge is 2.12. The molecule has 1 aromatic rings. The van der Waals surface area contributed by atoms with Gasteiger partial charge < -0.3 is 15.4 Å². The van der Waals surface area contributed by atoms with Crippen LogP contribution in [0.4, 0.5) is 0 Å². The van der Waals surface area contributed by atoms with Gasteiger partial charge in [0.2, 0.25) is 5.91 Å². The Balaban J connectivity index is 1.53. The second-order valence-electron chi connectivity index (χ2n) is 4.27. The summed E-state index contributed by atoms with van der Waals surface area (Å²) >= 11 is 0. The molecule has 7 nitrogen and oxygen atoms in total. The van der Waals surface area contributed by atoms with E-state index in [1.54, 1.807) is 12.4 Å². The predicted molar refractivity (Wildman–Crippen MR) is 64.9 cm³/mol. The van der Waals surface area contributed by atoms with E-state index in [0.717, 1.165) is 25.9 Å². The summed E-state index contributed by atoms with van der Waals surface area (Å²) in [6, 6.07) is 0. The molecule has 0 aromatic carbocycles. The summed E-state index contributed by atoms with van der Waals surface area (Å²) in [6.07, 6.45) is 5.64. The van der Waals surface area contributed by atoms with Crippen LogP contribution in [-0.4, -0.2) is 53.2 Å². The SMILES string of the molecule is O=C(Cn1ccnn1)NCCOC1CCNCC1. The van der Waals surface area contributed by atoms with Crippen LogP contribution >= 0.6 is 0 Å². The van der Waals surface area contributed by atoms with E-state index in [4.69, 9.17) is 4.74 Å². The number of carbonyl (C=O) groups excluding carboxylic acids is 1. The van der Waals surface area contributed by atoms with E-state index in [0.29, 0.717) is 19.3 Å². The highest BCUT2D eigenvalue weighted by molar-refractivity contribution is 5.75. The van der Waals surface area contributed by atoms with Gasteiger partial charge in [0, 0.05) is 12.7 Å². The summed E-state index contributed by atoms with van der Waals surface area (Å²) < 4.78 is 7.17. The monoisotopic (exact) mass is 253 g/mol. The molecule has 0 bridgehead atoms. The Morgan fingerprint density at radius 2 is 2.33 bits per heavy atom. The van der Waals surface area contributed by atoms with Gasteiger partial charge in [0.15, 0.2) is 0 Å². The fraction of sp³-hybridized carbons (Fsp3) is 0.727. The molecule has 0 radical (unpaired) electrons. The highest BCUT2D eigenvalue weighted by atomic mass is 16.5. The van der Waals surface area contributed by atoms with Crippen LogP contribution in [0, 0.1) is 0 Å². The maximum absolute atomic E-state index is 11.5.